The summed E-state index contributed by atoms with van der Waals surface area (Å²) in [6, 6.07) is 6.11. The molecule has 3 nitrogen and oxygen atoms in total. The molecular weight excluding hydrogens is 244 g/mol. The molecule has 0 fully saturated rings. The summed E-state index contributed by atoms with van der Waals surface area (Å²) in [5.41, 5.74) is 7.22. The Morgan fingerprint density at radius 1 is 1.44 bits per heavy atom. The van der Waals surface area contributed by atoms with Gasteiger partial charge in [-0.3, -0.25) is 4.98 Å². The fourth-order valence-corrected chi connectivity index (χ4v) is 2.47. The first-order chi connectivity index (χ1) is 8.79. The van der Waals surface area contributed by atoms with E-state index in [0.29, 0.717) is 6.61 Å². The Morgan fingerprint density at radius 2 is 2.33 bits per heavy atom. The predicted molar refractivity (Wildman–Crippen MR) is 75.0 cm³/mol. The van der Waals surface area contributed by atoms with Gasteiger partial charge in [0.25, 0.3) is 0 Å². The van der Waals surface area contributed by atoms with Gasteiger partial charge in [0.1, 0.15) is 5.75 Å². The Labute approximate surface area is 112 Å². The molecule has 2 aromatic rings. The zero-order valence-electron chi connectivity index (χ0n) is 10.5. The van der Waals surface area contributed by atoms with Gasteiger partial charge in [-0.05, 0) is 29.5 Å². The summed E-state index contributed by atoms with van der Waals surface area (Å²) in [6.07, 6.45) is 5.39. The van der Waals surface area contributed by atoms with Crippen LogP contribution in [0.4, 0.5) is 0 Å². The van der Waals surface area contributed by atoms with Crippen LogP contribution in [0.3, 0.4) is 0 Å². The van der Waals surface area contributed by atoms with E-state index in [0.717, 1.165) is 24.2 Å². The SMILES string of the molecule is CCCOc1cncc(C(N)Cc2cccs2)c1. The van der Waals surface area contributed by atoms with Crippen molar-refractivity contribution in [3.8, 4) is 5.75 Å². The monoisotopic (exact) mass is 262 g/mol. The van der Waals surface area contributed by atoms with E-state index in [1.165, 1.54) is 4.88 Å². The summed E-state index contributed by atoms with van der Waals surface area (Å²) >= 11 is 1.73. The maximum atomic E-state index is 6.19. The van der Waals surface area contributed by atoms with Crippen LogP contribution >= 0.6 is 11.3 Å². The highest BCUT2D eigenvalue weighted by Gasteiger charge is 2.09. The molecule has 0 aliphatic rings. The number of hydrogen-bond acceptors (Lipinski definition) is 4. The molecule has 0 aliphatic heterocycles. The highest BCUT2D eigenvalue weighted by atomic mass is 32.1. The van der Waals surface area contributed by atoms with Crippen LogP contribution in [-0.4, -0.2) is 11.6 Å². The average molecular weight is 262 g/mol. The quantitative estimate of drug-likeness (QED) is 0.869. The first-order valence-electron chi connectivity index (χ1n) is 6.15. The van der Waals surface area contributed by atoms with Gasteiger partial charge in [0.15, 0.2) is 0 Å². The lowest BCUT2D eigenvalue weighted by Gasteiger charge is -2.12. The van der Waals surface area contributed by atoms with Gasteiger partial charge in [-0.15, -0.1) is 11.3 Å². The number of pyridine rings is 1. The molecule has 96 valence electrons. The van der Waals surface area contributed by atoms with Gasteiger partial charge in [-0.1, -0.05) is 13.0 Å². The normalized spacial score (nSPS) is 12.3. The van der Waals surface area contributed by atoms with E-state index in [9.17, 15) is 0 Å². The minimum absolute atomic E-state index is 0.0265. The number of aromatic nitrogens is 1. The Kier molecular flexibility index (Phi) is 4.73. The lowest BCUT2D eigenvalue weighted by Crippen LogP contribution is -2.13. The second kappa shape index (κ2) is 6.52. The number of ether oxygens (including phenoxy) is 1. The van der Waals surface area contributed by atoms with E-state index < -0.39 is 0 Å². The fraction of sp³-hybridized carbons (Fsp3) is 0.357. The molecule has 2 rings (SSSR count). The molecule has 1 atom stereocenters. The van der Waals surface area contributed by atoms with Gasteiger partial charge in [0.05, 0.1) is 12.8 Å². The van der Waals surface area contributed by atoms with Crippen molar-refractivity contribution >= 4 is 11.3 Å². The van der Waals surface area contributed by atoms with Crippen molar-refractivity contribution < 1.29 is 4.74 Å². The third-order valence-electron chi connectivity index (χ3n) is 2.64. The molecule has 0 radical (unpaired) electrons. The van der Waals surface area contributed by atoms with Crippen molar-refractivity contribution in [3.63, 3.8) is 0 Å². The molecule has 2 N–H and O–H groups in total. The molecule has 18 heavy (non-hydrogen) atoms. The van der Waals surface area contributed by atoms with E-state index >= 15 is 0 Å². The Balaban J connectivity index is 2.03. The Hall–Kier alpha value is -1.39. The predicted octanol–water partition coefficient (Wildman–Crippen LogP) is 3.17. The van der Waals surface area contributed by atoms with E-state index in [1.807, 2.05) is 18.3 Å². The van der Waals surface area contributed by atoms with Crippen molar-refractivity contribution in [3.05, 3.63) is 46.4 Å². The first-order valence-corrected chi connectivity index (χ1v) is 7.03. The third-order valence-corrected chi connectivity index (χ3v) is 3.54. The minimum Gasteiger partial charge on any atom is -0.492 e. The summed E-state index contributed by atoms with van der Waals surface area (Å²) in [5.74, 6) is 0.802. The molecule has 0 bridgehead atoms. The zero-order chi connectivity index (χ0) is 12.8. The van der Waals surface area contributed by atoms with E-state index in [2.05, 4.69) is 23.4 Å². The maximum Gasteiger partial charge on any atom is 0.137 e. The molecule has 0 saturated carbocycles. The van der Waals surface area contributed by atoms with Gasteiger partial charge < -0.3 is 10.5 Å². The standard InChI is InChI=1S/C14H18N2OS/c1-2-5-17-12-7-11(9-16-10-12)14(15)8-13-4-3-6-18-13/h3-4,6-7,9-10,14H,2,5,8,15H2,1H3. The highest BCUT2D eigenvalue weighted by Crippen LogP contribution is 2.21. The molecule has 2 aromatic heterocycles. The van der Waals surface area contributed by atoms with Crippen molar-refractivity contribution in [2.45, 2.75) is 25.8 Å². The molecule has 0 aromatic carbocycles. The second-order valence-electron chi connectivity index (χ2n) is 4.19. The van der Waals surface area contributed by atoms with Gasteiger partial charge in [0.2, 0.25) is 0 Å². The van der Waals surface area contributed by atoms with Crippen LogP contribution < -0.4 is 10.5 Å². The van der Waals surface area contributed by atoms with Crippen LogP contribution in [0.25, 0.3) is 0 Å². The van der Waals surface area contributed by atoms with Crippen LogP contribution in [-0.2, 0) is 6.42 Å². The number of hydrogen-bond donors (Lipinski definition) is 1. The summed E-state index contributed by atoms with van der Waals surface area (Å²) in [4.78, 5) is 5.48. The van der Waals surface area contributed by atoms with Crippen molar-refractivity contribution in [2.24, 2.45) is 5.73 Å². The summed E-state index contributed by atoms with van der Waals surface area (Å²) < 4.78 is 5.57. The number of nitrogens with two attached hydrogens (primary N) is 1. The minimum atomic E-state index is -0.0265. The van der Waals surface area contributed by atoms with E-state index in [1.54, 1.807) is 17.5 Å². The van der Waals surface area contributed by atoms with Gasteiger partial charge in [0, 0.05) is 23.5 Å². The molecule has 0 saturated heterocycles. The van der Waals surface area contributed by atoms with Crippen molar-refractivity contribution in [1.82, 2.24) is 4.98 Å². The smallest absolute Gasteiger partial charge is 0.137 e. The Morgan fingerprint density at radius 3 is 3.06 bits per heavy atom. The summed E-state index contributed by atoms with van der Waals surface area (Å²) in [5, 5.41) is 2.07. The lowest BCUT2D eigenvalue weighted by atomic mass is 10.1. The number of nitrogens with zero attached hydrogens (tertiary/aromatic N) is 1. The molecule has 0 aliphatic carbocycles. The van der Waals surface area contributed by atoms with Crippen LogP contribution in [0.1, 0.15) is 29.8 Å². The summed E-state index contributed by atoms with van der Waals surface area (Å²) in [6.45, 7) is 2.80. The van der Waals surface area contributed by atoms with Crippen molar-refractivity contribution in [1.29, 1.82) is 0 Å². The summed E-state index contributed by atoms with van der Waals surface area (Å²) in [7, 11) is 0. The van der Waals surface area contributed by atoms with E-state index in [4.69, 9.17) is 10.5 Å². The van der Waals surface area contributed by atoms with Gasteiger partial charge in [-0.2, -0.15) is 0 Å². The second-order valence-corrected chi connectivity index (χ2v) is 5.22. The molecule has 0 amide bonds. The van der Waals surface area contributed by atoms with Gasteiger partial charge >= 0.3 is 0 Å². The van der Waals surface area contributed by atoms with Crippen LogP contribution in [0, 0.1) is 0 Å². The molecular formula is C14H18N2OS. The molecule has 4 heteroatoms. The molecule has 1 unspecified atom stereocenters. The van der Waals surface area contributed by atoms with E-state index in [-0.39, 0.29) is 6.04 Å². The fourth-order valence-electron chi connectivity index (χ4n) is 1.70. The van der Waals surface area contributed by atoms with Crippen LogP contribution in [0.5, 0.6) is 5.75 Å². The lowest BCUT2D eigenvalue weighted by molar-refractivity contribution is 0.315. The average Bonchev–Trinajstić information content (AvgIpc) is 2.89. The maximum absolute atomic E-state index is 6.19. The largest absolute Gasteiger partial charge is 0.492 e. The Bertz CT molecular complexity index is 470. The first kappa shape index (κ1) is 13.1. The topological polar surface area (TPSA) is 48.1 Å². The number of thiophene rings is 1. The molecule has 0 spiro atoms. The van der Waals surface area contributed by atoms with Gasteiger partial charge in [-0.25, -0.2) is 0 Å². The molecule has 2 heterocycles. The number of rotatable bonds is 6. The van der Waals surface area contributed by atoms with Crippen LogP contribution in [0.2, 0.25) is 0 Å². The third kappa shape index (κ3) is 3.55. The zero-order valence-corrected chi connectivity index (χ0v) is 11.3. The van der Waals surface area contributed by atoms with Crippen molar-refractivity contribution in [2.75, 3.05) is 6.61 Å². The van der Waals surface area contributed by atoms with Crippen LogP contribution in [0.15, 0.2) is 36.0 Å². The highest BCUT2D eigenvalue weighted by molar-refractivity contribution is 7.09.